The Labute approximate surface area is 141 Å². The topological polar surface area (TPSA) is 47.6 Å². The minimum absolute atomic E-state index is 0.275. The van der Waals surface area contributed by atoms with E-state index in [2.05, 4.69) is 11.4 Å². The monoisotopic (exact) mass is 331 g/mol. The quantitative estimate of drug-likeness (QED) is 0.791. The van der Waals surface area contributed by atoms with Gasteiger partial charge in [-0.25, -0.2) is 4.39 Å². The summed E-state index contributed by atoms with van der Waals surface area (Å²) in [6, 6.07) is 11.7. The summed E-state index contributed by atoms with van der Waals surface area (Å²) in [7, 11) is 0. The summed E-state index contributed by atoms with van der Waals surface area (Å²) in [5.74, 6) is 0.431. The first-order valence-corrected chi connectivity index (χ1v) is 7.85. The van der Waals surface area contributed by atoms with Crippen molar-refractivity contribution in [2.45, 2.75) is 26.9 Å². The molecule has 0 saturated heterocycles. The second-order valence-corrected chi connectivity index (χ2v) is 5.68. The van der Waals surface area contributed by atoms with Crippen LogP contribution >= 0.6 is 0 Å². The number of amides is 1. The van der Waals surface area contributed by atoms with E-state index >= 15 is 0 Å². The second-order valence-electron chi connectivity index (χ2n) is 5.68. The molecule has 4 nitrogen and oxygen atoms in total. The summed E-state index contributed by atoms with van der Waals surface area (Å²) >= 11 is 0. The van der Waals surface area contributed by atoms with Crippen LogP contribution in [0.4, 0.5) is 4.39 Å². The fraction of sp³-hybridized carbons (Fsp3) is 0.316. The third-order valence-electron chi connectivity index (χ3n) is 3.34. The first-order valence-electron chi connectivity index (χ1n) is 7.85. The van der Waals surface area contributed by atoms with Crippen LogP contribution in [0.5, 0.6) is 11.5 Å². The maximum absolute atomic E-state index is 13.1. The van der Waals surface area contributed by atoms with E-state index in [1.807, 2.05) is 26.0 Å². The Kier molecular flexibility index (Phi) is 6.18. The Bertz CT molecular complexity index is 683. The lowest BCUT2D eigenvalue weighted by Crippen LogP contribution is -2.38. The van der Waals surface area contributed by atoms with E-state index in [1.54, 1.807) is 13.0 Å². The van der Waals surface area contributed by atoms with Crippen molar-refractivity contribution in [1.29, 1.82) is 0 Å². The Morgan fingerprint density at radius 3 is 2.50 bits per heavy atom. The molecule has 2 aromatic carbocycles. The molecule has 0 fully saturated rings. The van der Waals surface area contributed by atoms with Crippen LogP contribution < -0.4 is 14.8 Å². The molecular weight excluding hydrogens is 309 g/mol. The highest BCUT2D eigenvalue weighted by atomic mass is 19.1. The Morgan fingerprint density at radius 2 is 1.83 bits per heavy atom. The lowest BCUT2D eigenvalue weighted by Gasteiger charge is -2.15. The van der Waals surface area contributed by atoms with Crippen molar-refractivity contribution in [2.24, 2.45) is 0 Å². The lowest BCUT2D eigenvalue weighted by atomic mass is 10.1. The second kappa shape index (κ2) is 8.34. The molecular formula is C19H22FNO3. The third-order valence-corrected chi connectivity index (χ3v) is 3.34. The van der Waals surface area contributed by atoms with E-state index in [0.717, 1.165) is 16.9 Å². The van der Waals surface area contributed by atoms with E-state index in [9.17, 15) is 9.18 Å². The predicted octanol–water partition coefficient (Wildman–Crippen LogP) is 3.41. The lowest BCUT2D eigenvalue weighted by molar-refractivity contribution is -0.127. The zero-order valence-electron chi connectivity index (χ0n) is 14.1. The van der Waals surface area contributed by atoms with Crippen molar-refractivity contribution in [3.63, 3.8) is 0 Å². The number of carbonyl (C=O) groups is 1. The van der Waals surface area contributed by atoms with Crippen LogP contribution in [0.1, 0.15) is 18.1 Å². The van der Waals surface area contributed by atoms with Crippen LogP contribution in [0.2, 0.25) is 0 Å². The molecule has 24 heavy (non-hydrogen) atoms. The fourth-order valence-corrected chi connectivity index (χ4v) is 2.30. The van der Waals surface area contributed by atoms with Gasteiger partial charge in [0.25, 0.3) is 5.91 Å². The number of aryl methyl sites for hydroxylation is 2. The number of nitrogens with one attached hydrogen (secondary N) is 1. The summed E-state index contributed by atoms with van der Waals surface area (Å²) in [4.78, 5) is 12.0. The van der Waals surface area contributed by atoms with E-state index in [1.165, 1.54) is 18.2 Å². The number of rotatable bonds is 7. The molecule has 0 heterocycles. The Hall–Kier alpha value is -2.56. The summed E-state index contributed by atoms with van der Waals surface area (Å²) < 4.78 is 24.1. The van der Waals surface area contributed by atoms with Crippen molar-refractivity contribution in [1.82, 2.24) is 5.32 Å². The van der Waals surface area contributed by atoms with Crippen molar-refractivity contribution in [2.75, 3.05) is 13.2 Å². The molecule has 0 saturated carbocycles. The molecule has 1 atom stereocenters. The smallest absolute Gasteiger partial charge is 0.260 e. The zero-order chi connectivity index (χ0) is 17.5. The van der Waals surface area contributed by atoms with Gasteiger partial charge in [0.15, 0.2) is 6.10 Å². The average Bonchev–Trinajstić information content (AvgIpc) is 2.50. The molecule has 0 bridgehead atoms. The Balaban J connectivity index is 1.74. The van der Waals surface area contributed by atoms with Crippen LogP contribution in [-0.4, -0.2) is 25.2 Å². The van der Waals surface area contributed by atoms with Crippen molar-refractivity contribution in [3.05, 3.63) is 59.4 Å². The maximum Gasteiger partial charge on any atom is 0.260 e. The molecule has 2 rings (SSSR count). The fourth-order valence-electron chi connectivity index (χ4n) is 2.30. The number of carbonyl (C=O) groups excluding carboxylic acids is 1. The SMILES string of the molecule is Cc1cc(C)cc(OCCNC(=O)[C@@H](C)Oc2cccc(F)c2)c1. The number of halogens is 1. The molecule has 1 N–H and O–H groups in total. The molecule has 128 valence electrons. The highest BCUT2D eigenvalue weighted by Gasteiger charge is 2.14. The number of hydrogen-bond donors (Lipinski definition) is 1. The molecule has 1 amide bonds. The maximum atomic E-state index is 13.1. The summed E-state index contributed by atoms with van der Waals surface area (Å²) in [6.45, 7) is 6.36. The summed E-state index contributed by atoms with van der Waals surface area (Å²) in [5, 5.41) is 2.73. The van der Waals surface area contributed by atoms with Crippen molar-refractivity contribution in [3.8, 4) is 11.5 Å². The van der Waals surface area contributed by atoms with Gasteiger partial charge in [0.2, 0.25) is 0 Å². The highest BCUT2D eigenvalue weighted by Crippen LogP contribution is 2.16. The average molecular weight is 331 g/mol. The van der Waals surface area contributed by atoms with Gasteiger partial charge in [0.05, 0.1) is 6.54 Å². The minimum Gasteiger partial charge on any atom is -0.492 e. The van der Waals surface area contributed by atoms with Gasteiger partial charge in [-0.3, -0.25) is 4.79 Å². The molecule has 0 aliphatic heterocycles. The van der Waals surface area contributed by atoms with Crippen LogP contribution in [-0.2, 0) is 4.79 Å². The zero-order valence-corrected chi connectivity index (χ0v) is 14.1. The van der Waals surface area contributed by atoms with E-state index in [4.69, 9.17) is 9.47 Å². The molecule has 2 aromatic rings. The number of hydrogen-bond acceptors (Lipinski definition) is 3. The van der Waals surface area contributed by atoms with Gasteiger partial charge in [-0.05, 0) is 56.2 Å². The molecule has 0 unspecified atom stereocenters. The van der Waals surface area contributed by atoms with Gasteiger partial charge in [0.1, 0.15) is 23.9 Å². The van der Waals surface area contributed by atoms with Crippen LogP contribution in [0.15, 0.2) is 42.5 Å². The third kappa shape index (κ3) is 5.57. The van der Waals surface area contributed by atoms with E-state index in [0.29, 0.717) is 18.9 Å². The van der Waals surface area contributed by atoms with Crippen molar-refractivity contribution >= 4 is 5.91 Å². The molecule has 0 aliphatic carbocycles. The molecule has 0 radical (unpaired) electrons. The summed E-state index contributed by atoms with van der Waals surface area (Å²) in [6.07, 6.45) is -0.715. The van der Waals surface area contributed by atoms with Gasteiger partial charge >= 0.3 is 0 Å². The van der Waals surface area contributed by atoms with Gasteiger partial charge in [-0.15, -0.1) is 0 Å². The summed E-state index contributed by atoms with van der Waals surface area (Å²) in [5.41, 5.74) is 2.26. The van der Waals surface area contributed by atoms with E-state index in [-0.39, 0.29) is 5.91 Å². The minimum atomic E-state index is -0.715. The number of ether oxygens (including phenoxy) is 2. The Morgan fingerprint density at radius 1 is 1.12 bits per heavy atom. The molecule has 0 spiro atoms. The van der Waals surface area contributed by atoms with Gasteiger partial charge in [-0.1, -0.05) is 12.1 Å². The van der Waals surface area contributed by atoms with Crippen LogP contribution in [0.3, 0.4) is 0 Å². The van der Waals surface area contributed by atoms with Gasteiger partial charge in [-0.2, -0.15) is 0 Å². The predicted molar refractivity (Wildman–Crippen MR) is 90.9 cm³/mol. The van der Waals surface area contributed by atoms with E-state index < -0.39 is 11.9 Å². The number of benzene rings is 2. The van der Waals surface area contributed by atoms with Gasteiger partial charge < -0.3 is 14.8 Å². The largest absolute Gasteiger partial charge is 0.492 e. The molecule has 5 heteroatoms. The molecule has 0 aromatic heterocycles. The molecule has 0 aliphatic rings. The first kappa shape index (κ1) is 17.8. The normalized spacial score (nSPS) is 11.7. The standard InChI is InChI=1S/C19H22FNO3/c1-13-9-14(2)11-18(10-13)23-8-7-21-19(22)15(3)24-17-6-4-5-16(20)12-17/h4-6,9-12,15H,7-8H2,1-3H3,(H,21,22)/t15-/m1/s1. The van der Waals surface area contributed by atoms with Crippen molar-refractivity contribution < 1.29 is 18.7 Å². The van der Waals surface area contributed by atoms with Gasteiger partial charge in [0, 0.05) is 6.07 Å². The first-order chi connectivity index (χ1) is 11.4. The van der Waals surface area contributed by atoms with Crippen LogP contribution in [0, 0.1) is 19.7 Å². The van der Waals surface area contributed by atoms with Crippen LogP contribution in [0.25, 0.3) is 0 Å². The highest BCUT2D eigenvalue weighted by molar-refractivity contribution is 5.80.